The number of allylic oxidation sites excluding steroid dienone is 4. The quantitative estimate of drug-likeness (QED) is 0.478. The molecule has 0 unspecified atom stereocenters. The minimum Gasteiger partial charge on any atom is -0.384 e. The van der Waals surface area contributed by atoms with E-state index in [4.69, 9.17) is 0 Å². The van der Waals surface area contributed by atoms with Crippen molar-refractivity contribution >= 4 is 16.6 Å². The summed E-state index contributed by atoms with van der Waals surface area (Å²) in [6, 6.07) is 13.4. The lowest BCUT2D eigenvalue weighted by Gasteiger charge is -2.18. The summed E-state index contributed by atoms with van der Waals surface area (Å²) in [7, 11) is 0. The van der Waals surface area contributed by atoms with E-state index >= 15 is 0 Å². The second-order valence-corrected chi connectivity index (χ2v) is 8.35. The minimum atomic E-state index is 0.248. The van der Waals surface area contributed by atoms with Gasteiger partial charge >= 0.3 is 0 Å². The predicted molar refractivity (Wildman–Crippen MR) is 121 cm³/mol. The Hall–Kier alpha value is -2.74. The Morgan fingerprint density at radius 1 is 1.00 bits per heavy atom. The molecule has 2 heterocycles. The van der Waals surface area contributed by atoms with Gasteiger partial charge in [0, 0.05) is 35.2 Å². The molecule has 1 atom stereocenters. The van der Waals surface area contributed by atoms with Gasteiger partial charge in [0.1, 0.15) is 0 Å². The third-order valence-electron chi connectivity index (χ3n) is 5.61. The molecular weight excluding hydrogens is 340 g/mol. The fourth-order valence-corrected chi connectivity index (χ4v) is 4.29. The highest BCUT2D eigenvalue weighted by Gasteiger charge is 2.23. The van der Waals surface area contributed by atoms with Crippen molar-refractivity contribution in [2.75, 3.05) is 11.9 Å². The summed E-state index contributed by atoms with van der Waals surface area (Å²) < 4.78 is 0. The number of H-pyrrole nitrogens is 1. The number of nitrogens with one attached hydrogen (secondary N) is 2. The number of fused-ring (bicyclic) bond motifs is 2. The first-order chi connectivity index (χ1) is 13.5. The maximum absolute atomic E-state index is 3.63. The van der Waals surface area contributed by atoms with Crippen LogP contribution >= 0.6 is 0 Å². The summed E-state index contributed by atoms with van der Waals surface area (Å²) >= 11 is 0. The van der Waals surface area contributed by atoms with Crippen molar-refractivity contribution in [3.05, 3.63) is 88.1 Å². The smallest absolute Gasteiger partial charge is 0.0492 e. The molecule has 0 radical (unpaired) electrons. The summed E-state index contributed by atoms with van der Waals surface area (Å²) in [5.74, 6) is 0.248. The summed E-state index contributed by atoms with van der Waals surface area (Å²) in [5.41, 5.74) is 10.8. The monoisotopic (exact) mass is 370 g/mol. The van der Waals surface area contributed by atoms with Gasteiger partial charge in [0.05, 0.1) is 0 Å². The highest BCUT2D eigenvalue weighted by atomic mass is 14.9. The molecule has 0 saturated heterocycles. The van der Waals surface area contributed by atoms with E-state index in [1.165, 1.54) is 50.0 Å². The zero-order valence-electron chi connectivity index (χ0n) is 17.4. The van der Waals surface area contributed by atoms with Crippen molar-refractivity contribution in [1.29, 1.82) is 0 Å². The van der Waals surface area contributed by atoms with E-state index in [9.17, 15) is 0 Å². The molecule has 1 aliphatic heterocycles. The van der Waals surface area contributed by atoms with Gasteiger partial charge in [-0.1, -0.05) is 59.7 Å². The van der Waals surface area contributed by atoms with E-state index in [1.807, 2.05) is 0 Å². The van der Waals surface area contributed by atoms with Crippen LogP contribution in [0.4, 0.5) is 5.69 Å². The Labute approximate surface area is 168 Å². The van der Waals surface area contributed by atoms with Crippen molar-refractivity contribution in [3.63, 3.8) is 0 Å². The predicted octanol–water partition coefficient (Wildman–Crippen LogP) is 6.74. The molecule has 0 bridgehead atoms. The molecule has 0 fully saturated rings. The number of aromatic nitrogens is 1. The van der Waals surface area contributed by atoms with Crippen molar-refractivity contribution < 1.29 is 0 Å². The maximum Gasteiger partial charge on any atom is 0.0492 e. The van der Waals surface area contributed by atoms with Gasteiger partial charge in [-0.05, 0) is 62.8 Å². The molecule has 1 aromatic heterocycles. The average Bonchev–Trinajstić information content (AvgIpc) is 3.31. The van der Waals surface area contributed by atoms with Gasteiger partial charge in [-0.2, -0.15) is 0 Å². The Morgan fingerprint density at radius 2 is 1.82 bits per heavy atom. The first kappa shape index (κ1) is 18.6. The SMILES string of the molecule is CC(C)=CCc1cccc2c([C@H](C=C(C)C)c3cccc4c3NCC4)c[nH]c12. The molecule has 1 aliphatic rings. The molecular formula is C26H30N2. The van der Waals surface area contributed by atoms with Crippen molar-refractivity contribution in [3.8, 4) is 0 Å². The Balaban J connectivity index is 1.86. The normalized spacial score (nSPS) is 13.7. The lowest BCUT2D eigenvalue weighted by atomic mass is 9.87. The van der Waals surface area contributed by atoms with Gasteiger partial charge in [-0.25, -0.2) is 0 Å². The lowest BCUT2D eigenvalue weighted by Crippen LogP contribution is -2.03. The van der Waals surface area contributed by atoms with Crippen LogP contribution in [0.5, 0.6) is 0 Å². The van der Waals surface area contributed by atoms with E-state index < -0.39 is 0 Å². The summed E-state index contributed by atoms with van der Waals surface area (Å²) in [4.78, 5) is 3.59. The highest BCUT2D eigenvalue weighted by Crippen LogP contribution is 2.39. The molecule has 3 aromatic rings. The first-order valence-electron chi connectivity index (χ1n) is 10.3. The average molecular weight is 371 g/mol. The van der Waals surface area contributed by atoms with Crippen molar-refractivity contribution in [2.24, 2.45) is 0 Å². The minimum absolute atomic E-state index is 0.248. The molecule has 144 valence electrons. The standard InChI is InChI=1S/C26H30N2/c1-17(2)11-12-19-7-5-10-22-24(16-28-26(19)22)23(15-18(3)4)21-9-6-8-20-13-14-27-25(20)21/h5-11,15-16,23,27-28H,12-14H2,1-4H3/t23-/m1/s1. The molecule has 2 N–H and O–H groups in total. The van der Waals surface area contributed by atoms with Crippen LogP contribution in [0, 0.1) is 0 Å². The fraction of sp³-hybridized carbons (Fsp3) is 0.308. The topological polar surface area (TPSA) is 27.8 Å². The van der Waals surface area contributed by atoms with Crippen LogP contribution in [-0.2, 0) is 12.8 Å². The number of hydrogen-bond donors (Lipinski definition) is 2. The van der Waals surface area contributed by atoms with E-state index in [1.54, 1.807) is 0 Å². The molecule has 0 saturated carbocycles. The Morgan fingerprint density at radius 3 is 2.61 bits per heavy atom. The van der Waals surface area contributed by atoms with Crippen LogP contribution < -0.4 is 5.32 Å². The van der Waals surface area contributed by atoms with Crippen LogP contribution in [0.3, 0.4) is 0 Å². The Kier molecular flexibility index (Phi) is 5.13. The summed E-state index contributed by atoms with van der Waals surface area (Å²) in [6.45, 7) is 9.74. The zero-order valence-corrected chi connectivity index (χ0v) is 17.4. The molecule has 0 aliphatic carbocycles. The van der Waals surface area contributed by atoms with Crippen LogP contribution in [0.15, 0.2) is 65.9 Å². The fourth-order valence-electron chi connectivity index (χ4n) is 4.29. The van der Waals surface area contributed by atoms with Crippen molar-refractivity contribution in [1.82, 2.24) is 4.98 Å². The molecule has 2 nitrogen and oxygen atoms in total. The van der Waals surface area contributed by atoms with E-state index in [-0.39, 0.29) is 5.92 Å². The molecule has 2 heteroatoms. The number of hydrogen-bond acceptors (Lipinski definition) is 1. The number of rotatable bonds is 5. The van der Waals surface area contributed by atoms with Gasteiger partial charge in [0.25, 0.3) is 0 Å². The summed E-state index contributed by atoms with van der Waals surface area (Å²) in [6.07, 6.45) is 9.01. The van der Waals surface area contributed by atoms with Gasteiger partial charge in [-0.3, -0.25) is 0 Å². The molecule has 4 rings (SSSR count). The van der Waals surface area contributed by atoms with E-state index in [0.29, 0.717) is 0 Å². The second kappa shape index (κ2) is 7.71. The molecule has 0 amide bonds. The van der Waals surface area contributed by atoms with Crippen LogP contribution in [0.2, 0.25) is 0 Å². The van der Waals surface area contributed by atoms with Crippen LogP contribution in [0.25, 0.3) is 10.9 Å². The molecule has 2 aromatic carbocycles. The second-order valence-electron chi connectivity index (χ2n) is 8.35. The largest absolute Gasteiger partial charge is 0.384 e. The number of benzene rings is 2. The third kappa shape index (κ3) is 3.52. The zero-order chi connectivity index (χ0) is 19.7. The van der Waals surface area contributed by atoms with E-state index in [0.717, 1.165) is 19.4 Å². The lowest BCUT2D eigenvalue weighted by molar-refractivity contribution is 1.02. The maximum atomic E-state index is 3.63. The molecule has 28 heavy (non-hydrogen) atoms. The van der Waals surface area contributed by atoms with Gasteiger partial charge in [-0.15, -0.1) is 0 Å². The van der Waals surface area contributed by atoms with Crippen LogP contribution in [0.1, 0.15) is 55.9 Å². The van der Waals surface area contributed by atoms with Crippen molar-refractivity contribution in [2.45, 2.75) is 46.5 Å². The number of anilines is 1. The molecule has 0 spiro atoms. The summed E-state index contributed by atoms with van der Waals surface area (Å²) in [5, 5.41) is 4.96. The van der Waals surface area contributed by atoms with Gasteiger partial charge < -0.3 is 10.3 Å². The van der Waals surface area contributed by atoms with Gasteiger partial charge in [0.2, 0.25) is 0 Å². The Bertz CT molecular complexity index is 1060. The first-order valence-corrected chi connectivity index (χ1v) is 10.3. The number of aromatic amines is 1. The van der Waals surface area contributed by atoms with Gasteiger partial charge in [0.15, 0.2) is 0 Å². The third-order valence-corrected chi connectivity index (χ3v) is 5.61. The van der Waals surface area contributed by atoms with Crippen LogP contribution in [-0.4, -0.2) is 11.5 Å². The number of para-hydroxylation sites is 2. The van der Waals surface area contributed by atoms with E-state index in [2.05, 4.69) is 92.7 Å². The highest BCUT2D eigenvalue weighted by molar-refractivity contribution is 5.88.